The summed E-state index contributed by atoms with van der Waals surface area (Å²) >= 11 is 0. The molecule has 0 aromatic heterocycles. The van der Waals surface area contributed by atoms with Crippen LogP contribution in [0.2, 0.25) is 0 Å². The predicted octanol–water partition coefficient (Wildman–Crippen LogP) is 7.38. The molecule has 0 aliphatic heterocycles. The fraction of sp³-hybridized carbons (Fsp3) is 0.478. The highest BCUT2D eigenvalue weighted by atomic mass is 19.4. The molecule has 0 N–H and O–H groups in total. The fourth-order valence-corrected chi connectivity index (χ4v) is 3.20. The topological polar surface area (TPSA) is 0 Å². The molecule has 0 radical (unpaired) electrons. The summed E-state index contributed by atoms with van der Waals surface area (Å²) in [6.45, 7) is 10.8. The van der Waals surface area contributed by atoms with Gasteiger partial charge in [0.25, 0.3) is 0 Å². The average Bonchev–Trinajstić information content (AvgIpc) is 2.60. The molecule has 142 valence electrons. The van der Waals surface area contributed by atoms with Crippen molar-refractivity contribution in [1.29, 1.82) is 0 Å². The van der Waals surface area contributed by atoms with Crippen molar-refractivity contribution >= 4 is 0 Å². The highest BCUT2D eigenvalue weighted by Gasteiger charge is 2.31. The van der Waals surface area contributed by atoms with Crippen LogP contribution in [-0.4, -0.2) is 0 Å². The first-order valence-electron chi connectivity index (χ1n) is 9.31. The standard InChI is InChI=1S/C23H29F3/c1-6-22(4,5)20-11-7-9-18(14-20)13-16(2)17(3)19-10-8-12-21(15-19)23(24,25)26/h7-12,14-17H,6,13H2,1-5H3. The third-order valence-corrected chi connectivity index (χ3v) is 5.74. The number of rotatable bonds is 6. The van der Waals surface area contributed by atoms with Gasteiger partial charge < -0.3 is 0 Å². The Hall–Kier alpha value is -1.77. The molecule has 2 atom stereocenters. The molecular formula is C23H29F3. The summed E-state index contributed by atoms with van der Waals surface area (Å²) in [4.78, 5) is 0. The molecular weight excluding hydrogens is 333 g/mol. The minimum Gasteiger partial charge on any atom is -0.166 e. The van der Waals surface area contributed by atoms with Crippen LogP contribution >= 0.6 is 0 Å². The maximum atomic E-state index is 13.0. The zero-order valence-electron chi connectivity index (χ0n) is 16.3. The van der Waals surface area contributed by atoms with Crippen LogP contribution in [0.4, 0.5) is 13.2 Å². The lowest BCUT2D eigenvalue weighted by Gasteiger charge is -2.25. The lowest BCUT2D eigenvalue weighted by molar-refractivity contribution is -0.137. The second-order valence-corrected chi connectivity index (χ2v) is 8.03. The van der Waals surface area contributed by atoms with Gasteiger partial charge >= 0.3 is 6.18 Å². The summed E-state index contributed by atoms with van der Waals surface area (Å²) in [6.07, 6.45) is -2.38. The Morgan fingerprint density at radius 1 is 0.885 bits per heavy atom. The Morgan fingerprint density at radius 2 is 1.50 bits per heavy atom. The first-order chi connectivity index (χ1) is 12.0. The van der Waals surface area contributed by atoms with Gasteiger partial charge in [0.2, 0.25) is 0 Å². The molecule has 0 bridgehead atoms. The Balaban J connectivity index is 2.18. The third-order valence-electron chi connectivity index (χ3n) is 5.74. The Bertz CT molecular complexity index is 728. The first kappa shape index (κ1) is 20.5. The van der Waals surface area contributed by atoms with Crippen LogP contribution in [-0.2, 0) is 18.0 Å². The fourth-order valence-electron chi connectivity index (χ4n) is 3.20. The number of benzene rings is 2. The van der Waals surface area contributed by atoms with E-state index < -0.39 is 11.7 Å². The zero-order chi connectivity index (χ0) is 19.5. The SMILES string of the molecule is CCC(C)(C)c1cccc(CC(C)C(C)c2cccc(C(F)(F)F)c2)c1. The summed E-state index contributed by atoms with van der Waals surface area (Å²) in [5, 5.41) is 0. The number of halogens is 3. The van der Waals surface area contributed by atoms with Gasteiger partial charge in [0.05, 0.1) is 5.56 Å². The van der Waals surface area contributed by atoms with Gasteiger partial charge in [-0.2, -0.15) is 13.2 Å². The van der Waals surface area contributed by atoms with E-state index in [1.165, 1.54) is 23.3 Å². The zero-order valence-corrected chi connectivity index (χ0v) is 16.3. The maximum absolute atomic E-state index is 13.0. The molecule has 0 saturated carbocycles. The van der Waals surface area contributed by atoms with Crippen molar-refractivity contribution in [3.63, 3.8) is 0 Å². The van der Waals surface area contributed by atoms with Crippen LogP contribution in [0.1, 0.15) is 69.2 Å². The van der Waals surface area contributed by atoms with Crippen LogP contribution in [0.5, 0.6) is 0 Å². The summed E-state index contributed by atoms with van der Waals surface area (Å²) in [6, 6.07) is 14.3. The van der Waals surface area contributed by atoms with Crippen LogP contribution in [0, 0.1) is 5.92 Å². The second-order valence-electron chi connectivity index (χ2n) is 8.03. The molecule has 26 heavy (non-hydrogen) atoms. The molecule has 0 amide bonds. The van der Waals surface area contributed by atoms with E-state index in [-0.39, 0.29) is 17.3 Å². The largest absolute Gasteiger partial charge is 0.416 e. The molecule has 2 aromatic rings. The predicted molar refractivity (Wildman–Crippen MR) is 102 cm³/mol. The molecule has 0 saturated heterocycles. The lowest BCUT2D eigenvalue weighted by Crippen LogP contribution is -2.16. The van der Waals surface area contributed by atoms with Gasteiger partial charge in [0.1, 0.15) is 0 Å². The summed E-state index contributed by atoms with van der Waals surface area (Å²) < 4.78 is 38.9. The minimum atomic E-state index is -4.29. The van der Waals surface area contributed by atoms with E-state index in [0.717, 1.165) is 24.5 Å². The Labute approximate surface area is 155 Å². The van der Waals surface area contributed by atoms with Gasteiger partial charge in [0, 0.05) is 0 Å². The van der Waals surface area contributed by atoms with E-state index in [4.69, 9.17) is 0 Å². The van der Waals surface area contributed by atoms with E-state index in [0.29, 0.717) is 0 Å². The van der Waals surface area contributed by atoms with Crippen LogP contribution in [0.25, 0.3) is 0 Å². The molecule has 0 spiro atoms. The van der Waals surface area contributed by atoms with Crippen LogP contribution in [0.15, 0.2) is 48.5 Å². The van der Waals surface area contributed by atoms with E-state index in [9.17, 15) is 13.2 Å². The van der Waals surface area contributed by atoms with Gasteiger partial charge in [-0.3, -0.25) is 0 Å². The van der Waals surface area contributed by atoms with Crippen molar-refractivity contribution in [2.24, 2.45) is 5.92 Å². The van der Waals surface area contributed by atoms with Crippen molar-refractivity contribution < 1.29 is 13.2 Å². The van der Waals surface area contributed by atoms with Gasteiger partial charge in [-0.25, -0.2) is 0 Å². The van der Waals surface area contributed by atoms with Crippen LogP contribution in [0.3, 0.4) is 0 Å². The number of hydrogen-bond donors (Lipinski definition) is 0. The normalized spacial score (nSPS) is 14.9. The van der Waals surface area contributed by atoms with E-state index in [1.54, 1.807) is 6.07 Å². The van der Waals surface area contributed by atoms with E-state index in [2.05, 4.69) is 52.0 Å². The van der Waals surface area contributed by atoms with E-state index >= 15 is 0 Å². The highest BCUT2D eigenvalue weighted by molar-refractivity contribution is 5.31. The van der Waals surface area contributed by atoms with Crippen molar-refractivity contribution in [1.82, 2.24) is 0 Å². The van der Waals surface area contributed by atoms with Gasteiger partial charge in [0.15, 0.2) is 0 Å². The van der Waals surface area contributed by atoms with Gasteiger partial charge in [-0.1, -0.05) is 77.1 Å². The smallest absolute Gasteiger partial charge is 0.166 e. The molecule has 0 heterocycles. The van der Waals surface area contributed by atoms with E-state index in [1.807, 2.05) is 6.92 Å². The number of hydrogen-bond acceptors (Lipinski definition) is 0. The monoisotopic (exact) mass is 362 g/mol. The third kappa shape index (κ3) is 4.90. The highest BCUT2D eigenvalue weighted by Crippen LogP contribution is 2.34. The first-order valence-corrected chi connectivity index (χ1v) is 9.31. The summed E-state index contributed by atoms with van der Waals surface area (Å²) in [5.74, 6) is 0.304. The lowest BCUT2D eigenvalue weighted by atomic mass is 9.80. The van der Waals surface area contributed by atoms with Gasteiger partial charge in [-0.15, -0.1) is 0 Å². The Kier molecular flexibility index (Phi) is 6.21. The molecule has 2 rings (SSSR count). The Morgan fingerprint density at radius 3 is 2.12 bits per heavy atom. The molecule has 2 unspecified atom stereocenters. The summed E-state index contributed by atoms with van der Waals surface area (Å²) in [7, 11) is 0. The summed E-state index contributed by atoms with van der Waals surface area (Å²) in [5.41, 5.74) is 2.87. The van der Waals surface area contributed by atoms with Crippen LogP contribution < -0.4 is 0 Å². The molecule has 0 aliphatic carbocycles. The molecule has 0 nitrogen and oxygen atoms in total. The molecule has 3 heteroatoms. The van der Waals surface area contributed by atoms with Gasteiger partial charge in [-0.05, 0) is 52.8 Å². The number of alkyl halides is 3. The van der Waals surface area contributed by atoms with Crippen molar-refractivity contribution in [2.45, 2.75) is 65.0 Å². The van der Waals surface area contributed by atoms with Crippen molar-refractivity contribution in [3.05, 3.63) is 70.8 Å². The quantitative estimate of drug-likeness (QED) is 0.503. The van der Waals surface area contributed by atoms with Crippen molar-refractivity contribution in [2.75, 3.05) is 0 Å². The minimum absolute atomic E-state index is 0.0557. The average molecular weight is 362 g/mol. The molecule has 2 aromatic carbocycles. The maximum Gasteiger partial charge on any atom is 0.416 e. The molecule has 0 aliphatic rings. The van der Waals surface area contributed by atoms with Crippen molar-refractivity contribution in [3.8, 4) is 0 Å². The molecule has 0 fully saturated rings. The second kappa shape index (κ2) is 7.85.